The van der Waals surface area contributed by atoms with Crippen molar-refractivity contribution in [1.29, 1.82) is 5.26 Å². The van der Waals surface area contributed by atoms with E-state index in [0.717, 1.165) is 43.4 Å². The highest BCUT2D eigenvalue weighted by molar-refractivity contribution is 5.03. The van der Waals surface area contributed by atoms with E-state index in [1.165, 1.54) is 70.6 Å². The van der Waals surface area contributed by atoms with Crippen LogP contribution < -0.4 is 0 Å². The third-order valence-electron chi connectivity index (χ3n) is 7.16. The second-order valence-electron chi connectivity index (χ2n) is 8.95. The van der Waals surface area contributed by atoms with E-state index >= 15 is 0 Å². The molecule has 1 nitrogen and oxygen atoms in total. The fraction of sp³-hybridized carbons (Fsp3) is 0.875. The molecule has 0 aromatic rings. The van der Waals surface area contributed by atoms with Crippen molar-refractivity contribution < 1.29 is 0 Å². The molecule has 0 aliphatic heterocycles. The zero-order valence-corrected chi connectivity index (χ0v) is 16.9. The van der Waals surface area contributed by atoms with Gasteiger partial charge in [0.1, 0.15) is 0 Å². The molecule has 0 amide bonds. The van der Waals surface area contributed by atoms with E-state index in [-0.39, 0.29) is 5.41 Å². The van der Waals surface area contributed by atoms with Gasteiger partial charge in [-0.1, -0.05) is 64.5 Å². The van der Waals surface area contributed by atoms with Crippen LogP contribution in [0.2, 0.25) is 0 Å². The summed E-state index contributed by atoms with van der Waals surface area (Å²) < 4.78 is 0. The van der Waals surface area contributed by atoms with Crippen LogP contribution in [0.25, 0.3) is 0 Å². The molecule has 0 aromatic carbocycles. The zero-order valence-electron chi connectivity index (χ0n) is 16.9. The summed E-state index contributed by atoms with van der Waals surface area (Å²) in [5.74, 6) is 2.91. The summed E-state index contributed by atoms with van der Waals surface area (Å²) in [6.45, 7) is 4.54. The molecule has 2 aliphatic rings. The van der Waals surface area contributed by atoms with Gasteiger partial charge >= 0.3 is 0 Å². The first-order chi connectivity index (χ1) is 12.2. The lowest BCUT2D eigenvalue weighted by Crippen LogP contribution is -2.31. The lowest BCUT2D eigenvalue weighted by atomic mass is 9.63. The lowest BCUT2D eigenvalue weighted by Gasteiger charge is -2.40. The second kappa shape index (κ2) is 11.1. The van der Waals surface area contributed by atoms with Crippen molar-refractivity contribution in [2.45, 2.75) is 110 Å². The van der Waals surface area contributed by atoms with E-state index < -0.39 is 0 Å². The average molecular weight is 344 g/mol. The smallest absolute Gasteiger partial charge is 0.0689 e. The van der Waals surface area contributed by atoms with E-state index in [9.17, 15) is 5.26 Å². The van der Waals surface area contributed by atoms with E-state index in [4.69, 9.17) is 0 Å². The lowest BCUT2D eigenvalue weighted by molar-refractivity contribution is 0.116. The van der Waals surface area contributed by atoms with Crippen LogP contribution in [0.3, 0.4) is 0 Å². The summed E-state index contributed by atoms with van der Waals surface area (Å²) in [6.07, 6.45) is 24.3. The van der Waals surface area contributed by atoms with E-state index in [2.05, 4.69) is 32.1 Å². The first-order valence-corrected chi connectivity index (χ1v) is 11.3. The minimum Gasteiger partial charge on any atom is -0.198 e. The van der Waals surface area contributed by atoms with Gasteiger partial charge in [0.25, 0.3) is 0 Å². The van der Waals surface area contributed by atoms with Gasteiger partial charge in [-0.05, 0) is 75.5 Å². The molecule has 0 saturated heterocycles. The monoisotopic (exact) mass is 343 g/mol. The molecular weight excluding hydrogens is 302 g/mol. The fourth-order valence-electron chi connectivity index (χ4n) is 5.28. The minimum atomic E-state index is -0.00855. The SMILES string of the molecule is CCC/C=C\CCC1(C#N)CCC(C2CCC(CCCC)CC2)CC1. The number of unbranched alkanes of at least 4 members (excludes halogenated alkanes) is 2. The van der Waals surface area contributed by atoms with Gasteiger partial charge in [0.05, 0.1) is 11.5 Å². The average Bonchev–Trinajstić information content (AvgIpc) is 2.67. The number of nitriles is 1. The van der Waals surface area contributed by atoms with Crippen molar-refractivity contribution in [3.63, 3.8) is 0 Å². The Balaban J connectivity index is 1.72. The number of hydrogen-bond donors (Lipinski definition) is 0. The highest BCUT2D eigenvalue weighted by atomic mass is 14.4. The Morgan fingerprint density at radius 3 is 2.12 bits per heavy atom. The molecule has 1 heteroatoms. The summed E-state index contributed by atoms with van der Waals surface area (Å²) >= 11 is 0. The van der Waals surface area contributed by atoms with Crippen LogP contribution in [0, 0.1) is 34.5 Å². The molecule has 0 atom stereocenters. The van der Waals surface area contributed by atoms with Crippen molar-refractivity contribution in [1.82, 2.24) is 0 Å². The first-order valence-electron chi connectivity index (χ1n) is 11.3. The maximum absolute atomic E-state index is 9.78. The third kappa shape index (κ3) is 6.47. The van der Waals surface area contributed by atoms with Crippen LogP contribution in [0.15, 0.2) is 12.2 Å². The Bertz CT molecular complexity index is 414. The third-order valence-corrected chi connectivity index (χ3v) is 7.16. The van der Waals surface area contributed by atoms with Gasteiger partial charge in [0, 0.05) is 0 Å². The number of nitrogens with zero attached hydrogens (tertiary/aromatic N) is 1. The van der Waals surface area contributed by atoms with Crippen molar-refractivity contribution >= 4 is 0 Å². The molecule has 2 fully saturated rings. The Labute approximate surface area is 157 Å². The maximum Gasteiger partial charge on any atom is 0.0689 e. The van der Waals surface area contributed by atoms with Gasteiger partial charge in [0.2, 0.25) is 0 Å². The molecule has 0 spiro atoms. The number of rotatable bonds is 9. The normalized spacial score (nSPS) is 33.4. The van der Waals surface area contributed by atoms with Crippen LogP contribution in [-0.4, -0.2) is 0 Å². The summed E-state index contributed by atoms with van der Waals surface area (Å²) in [6, 6.07) is 2.73. The number of hydrogen-bond acceptors (Lipinski definition) is 1. The van der Waals surface area contributed by atoms with E-state index in [0.29, 0.717) is 0 Å². The van der Waals surface area contributed by atoms with Gasteiger partial charge in [-0.15, -0.1) is 0 Å². The predicted octanol–water partition coefficient (Wildman–Crippen LogP) is 7.82. The standard InChI is InChI=1S/C24H41N/c1-3-5-7-8-9-17-24(20-25)18-15-23(16-19-24)22-13-11-21(12-14-22)10-6-4-2/h7-8,21-23H,3-6,9-19H2,1-2H3/b8-7-. The first kappa shape index (κ1) is 20.5. The molecule has 0 radical (unpaired) electrons. The van der Waals surface area contributed by atoms with Crippen LogP contribution in [-0.2, 0) is 0 Å². The predicted molar refractivity (Wildman–Crippen MR) is 108 cm³/mol. The van der Waals surface area contributed by atoms with Crippen molar-refractivity contribution in [2.24, 2.45) is 23.2 Å². The van der Waals surface area contributed by atoms with E-state index in [1.807, 2.05) is 0 Å². The quantitative estimate of drug-likeness (QED) is 0.391. The van der Waals surface area contributed by atoms with Gasteiger partial charge in [-0.3, -0.25) is 0 Å². The van der Waals surface area contributed by atoms with Gasteiger partial charge in [-0.2, -0.15) is 5.26 Å². The molecular formula is C24H41N. The molecule has 0 aromatic heterocycles. The molecule has 0 heterocycles. The minimum absolute atomic E-state index is 0.00855. The fourth-order valence-corrected chi connectivity index (χ4v) is 5.28. The molecule has 25 heavy (non-hydrogen) atoms. The molecule has 142 valence electrons. The van der Waals surface area contributed by atoms with Crippen LogP contribution in [0.4, 0.5) is 0 Å². The van der Waals surface area contributed by atoms with Crippen LogP contribution in [0.5, 0.6) is 0 Å². The van der Waals surface area contributed by atoms with Crippen molar-refractivity contribution in [2.75, 3.05) is 0 Å². The number of allylic oxidation sites excluding steroid dienone is 2. The highest BCUT2D eigenvalue weighted by Crippen LogP contribution is 2.47. The molecule has 2 aliphatic carbocycles. The Hall–Kier alpha value is -0.770. The molecule has 0 N–H and O–H groups in total. The van der Waals surface area contributed by atoms with Crippen molar-refractivity contribution in [3.05, 3.63) is 12.2 Å². The van der Waals surface area contributed by atoms with Gasteiger partial charge in [-0.25, -0.2) is 0 Å². The summed E-state index contributed by atoms with van der Waals surface area (Å²) in [7, 11) is 0. The maximum atomic E-state index is 9.78. The van der Waals surface area contributed by atoms with Crippen LogP contribution >= 0.6 is 0 Å². The Kier molecular flexibility index (Phi) is 9.08. The Morgan fingerprint density at radius 1 is 0.880 bits per heavy atom. The second-order valence-corrected chi connectivity index (χ2v) is 8.95. The topological polar surface area (TPSA) is 23.8 Å². The van der Waals surface area contributed by atoms with Crippen molar-refractivity contribution in [3.8, 4) is 6.07 Å². The largest absolute Gasteiger partial charge is 0.198 e. The zero-order chi connectivity index (χ0) is 18.0. The van der Waals surface area contributed by atoms with E-state index in [1.54, 1.807) is 0 Å². The molecule has 0 unspecified atom stereocenters. The summed E-state index contributed by atoms with van der Waals surface area (Å²) in [5, 5.41) is 9.78. The summed E-state index contributed by atoms with van der Waals surface area (Å²) in [4.78, 5) is 0. The van der Waals surface area contributed by atoms with Crippen LogP contribution in [0.1, 0.15) is 110 Å². The molecule has 2 rings (SSSR count). The molecule has 0 bridgehead atoms. The Morgan fingerprint density at radius 2 is 1.52 bits per heavy atom. The molecule has 2 saturated carbocycles. The van der Waals surface area contributed by atoms with Gasteiger partial charge < -0.3 is 0 Å². The van der Waals surface area contributed by atoms with Gasteiger partial charge in [0.15, 0.2) is 0 Å². The summed E-state index contributed by atoms with van der Waals surface area (Å²) in [5.41, 5.74) is -0.00855. The highest BCUT2D eigenvalue weighted by Gasteiger charge is 2.38.